The normalized spacial score (nSPS) is 9.71. The van der Waals surface area contributed by atoms with Gasteiger partial charge in [-0.3, -0.25) is 0 Å². The van der Waals surface area contributed by atoms with Gasteiger partial charge in [0.25, 0.3) is 0 Å². The Balaban J connectivity index is 2.45. The first-order valence-electron chi connectivity index (χ1n) is 4.14. The molecule has 0 aliphatic heterocycles. The van der Waals surface area contributed by atoms with Crippen molar-refractivity contribution >= 4 is 0 Å². The van der Waals surface area contributed by atoms with E-state index in [1.807, 2.05) is 6.07 Å². The Morgan fingerprint density at radius 2 is 2.14 bits per heavy atom. The van der Waals surface area contributed by atoms with Crippen molar-refractivity contribution < 1.29 is 4.39 Å². The summed E-state index contributed by atoms with van der Waals surface area (Å²) in [6.45, 7) is 0. The lowest BCUT2D eigenvalue weighted by molar-refractivity contribution is 0.628. The third-order valence-electron chi connectivity index (χ3n) is 1.95. The molecule has 2 rings (SSSR count). The van der Waals surface area contributed by atoms with Gasteiger partial charge in [-0.15, -0.1) is 0 Å². The highest BCUT2D eigenvalue weighted by Gasteiger charge is 2.01. The van der Waals surface area contributed by atoms with Crippen molar-refractivity contribution in [2.75, 3.05) is 0 Å². The minimum absolute atomic E-state index is 0.282. The third kappa shape index (κ3) is 1.50. The summed E-state index contributed by atoms with van der Waals surface area (Å²) in [5.74, 6) is -0.282. The second kappa shape index (κ2) is 3.35. The lowest BCUT2D eigenvalue weighted by atomic mass is 10.1. The topological polar surface area (TPSA) is 39.6 Å². The van der Waals surface area contributed by atoms with E-state index in [0.29, 0.717) is 5.56 Å². The fourth-order valence-electron chi connectivity index (χ4n) is 1.28. The Hall–Kier alpha value is -2.08. The van der Waals surface area contributed by atoms with E-state index in [4.69, 9.17) is 5.26 Å². The number of benzene rings is 1. The smallest absolute Gasteiger partial charge is 0.123 e. The van der Waals surface area contributed by atoms with Crippen molar-refractivity contribution in [2.45, 2.75) is 0 Å². The molecule has 0 atom stereocenters. The number of nitriles is 1. The zero-order valence-corrected chi connectivity index (χ0v) is 7.29. The van der Waals surface area contributed by atoms with E-state index in [-0.39, 0.29) is 5.82 Å². The number of aromatic nitrogens is 1. The molecule has 3 heteroatoms. The van der Waals surface area contributed by atoms with Crippen LogP contribution in [-0.4, -0.2) is 4.98 Å². The van der Waals surface area contributed by atoms with Gasteiger partial charge in [0, 0.05) is 17.5 Å². The molecular formula is C11H7FN2. The first kappa shape index (κ1) is 8.52. The van der Waals surface area contributed by atoms with E-state index < -0.39 is 0 Å². The number of nitrogens with zero attached hydrogens (tertiary/aromatic N) is 1. The van der Waals surface area contributed by atoms with Crippen LogP contribution in [0, 0.1) is 17.1 Å². The van der Waals surface area contributed by atoms with E-state index in [9.17, 15) is 4.39 Å². The zero-order chi connectivity index (χ0) is 9.97. The van der Waals surface area contributed by atoms with Gasteiger partial charge in [0.1, 0.15) is 11.9 Å². The van der Waals surface area contributed by atoms with E-state index in [1.165, 1.54) is 12.1 Å². The monoisotopic (exact) mass is 186 g/mol. The van der Waals surface area contributed by atoms with Gasteiger partial charge in [-0.25, -0.2) is 4.39 Å². The summed E-state index contributed by atoms with van der Waals surface area (Å²) in [5.41, 5.74) is 2.04. The van der Waals surface area contributed by atoms with E-state index >= 15 is 0 Å². The molecule has 1 N–H and O–H groups in total. The lowest BCUT2D eigenvalue weighted by Gasteiger charge is -1.96. The second-order valence-electron chi connectivity index (χ2n) is 2.92. The van der Waals surface area contributed by atoms with Gasteiger partial charge in [0.15, 0.2) is 0 Å². The van der Waals surface area contributed by atoms with Crippen LogP contribution in [0.4, 0.5) is 4.39 Å². The largest absolute Gasteiger partial charge is 0.360 e. The maximum absolute atomic E-state index is 12.9. The summed E-state index contributed by atoms with van der Waals surface area (Å²) >= 11 is 0. The van der Waals surface area contributed by atoms with Crippen LogP contribution < -0.4 is 0 Å². The van der Waals surface area contributed by atoms with Gasteiger partial charge >= 0.3 is 0 Å². The number of hydrogen-bond donors (Lipinski definition) is 1. The fraction of sp³-hybridized carbons (Fsp3) is 0. The molecule has 0 unspecified atom stereocenters. The molecule has 0 spiro atoms. The second-order valence-corrected chi connectivity index (χ2v) is 2.92. The number of nitrogens with one attached hydrogen (secondary N) is 1. The fourth-order valence-corrected chi connectivity index (χ4v) is 1.28. The maximum atomic E-state index is 12.9. The minimum Gasteiger partial charge on any atom is -0.360 e. The first-order valence-corrected chi connectivity index (χ1v) is 4.14. The van der Waals surface area contributed by atoms with E-state index in [0.717, 1.165) is 11.3 Å². The summed E-state index contributed by atoms with van der Waals surface area (Å²) in [7, 11) is 0. The van der Waals surface area contributed by atoms with Gasteiger partial charge in [0.05, 0.1) is 5.56 Å². The van der Waals surface area contributed by atoms with Gasteiger partial charge in [-0.2, -0.15) is 5.26 Å². The van der Waals surface area contributed by atoms with E-state index in [1.54, 1.807) is 24.4 Å². The molecule has 0 aliphatic rings. The highest BCUT2D eigenvalue weighted by molar-refractivity contribution is 5.61. The van der Waals surface area contributed by atoms with Crippen LogP contribution in [0.25, 0.3) is 11.3 Å². The van der Waals surface area contributed by atoms with Crippen LogP contribution in [0.5, 0.6) is 0 Å². The SMILES string of the molecule is N#Cc1c[nH]c(-c2cccc(F)c2)c1. The summed E-state index contributed by atoms with van der Waals surface area (Å²) in [6, 6.07) is 9.93. The summed E-state index contributed by atoms with van der Waals surface area (Å²) in [5, 5.41) is 8.61. The van der Waals surface area contributed by atoms with Gasteiger partial charge in [-0.1, -0.05) is 12.1 Å². The number of rotatable bonds is 1. The zero-order valence-electron chi connectivity index (χ0n) is 7.29. The summed E-state index contributed by atoms with van der Waals surface area (Å²) in [6.07, 6.45) is 1.60. The minimum atomic E-state index is -0.282. The Morgan fingerprint density at radius 1 is 1.29 bits per heavy atom. The average molecular weight is 186 g/mol. The van der Waals surface area contributed by atoms with Crippen molar-refractivity contribution in [2.24, 2.45) is 0 Å². The van der Waals surface area contributed by atoms with Crippen molar-refractivity contribution in [3.05, 3.63) is 47.9 Å². The van der Waals surface area contributed by atoms with Crippen molar-refractivity contribution in [3.8, 4) is 17.3 Å². The molecule has 0 fully saturated rings. The molecule has 2 nitrogen and oxygen atoms in total. The van der Waals surface area contributed by atoms with Crippen molar-refractivity contribution in [1.82, 2.24) is 4.98 Å². The van der Waals surface area contributed by atoms with E-state index in [2.05, 4.69) is 4.98 Å². The molecule has 2 aromatic rings. The highest BCUT2D eigenvalue weighted by atomic mass is 19.1. The first-order chi connectivity index (χ1) is 6.79. The number of halogens is 1. The molecule has 0 bridgehead atoms. The van der Waals surface area contributed by atoms with Crippen LogP contribution in [0.15, 0.2) is 36.5 Å². The molecule has 0 radical (unpaired) electrons. The Bertz CT molecular complexity index is 494. The molecule has 1 heterocycles. The van der Waals surface area contributed by atoms with Crippen LogP contribution in [0.3, 0.4) is 0 Å². The van der Waals surface area contributed by atoms with Crippen molar-refractivity contribution in [1.29, 1.82) is 5.26 Å². The maximum Gasteiger partial charge on any atom is 0.123 e. The summed E-state index contributed by atoms with van der Waals surface area (Å²) < 4.78 is 12.9. The lowest BCUT2D eigenvalue weighted by Crippen LogP contribution is -1.78. The Morgan fingerprint density at radius 3 is 2.79 bits per heavy atom. The van der Waals surface area contributed by atoms with Crippen LogP contribution >= 0.6 is 0 Å². The molecule has 14 heavy (non-hydrogen) atoms. The summed E-state index contributed by atoms with van der Waals surface area (Å²) in [4.78, 5) is 2.91. The molecule has 1 aromatic heterocycles. The standard InChI is InChI=1S/C11H7FN2/c12-10-3-1-2-9(5-10)11-4-8(6-13)7-14-11/h1-5,7,14H. The molecule has 1 aromatic carbocycles. The average Bonchev–Trinajstić information content (AvgIpc) is 2.66. The van der Waals surface area contributed by atoms with Gasteiger partial charge in [0.2, 0.25) is 0 Å². The van der Waals surface area contributed by atoms with Crippen LogP contribution in [0.2, 0.25) is 0 Å². The number of hydrogen-bond acceptors (Lipinski definition) is 1. The highest BCUT2D eigenvalue weighted by Crippen LogP contribution is 2.19. The Labute approximate surface area is 80.6 Å². The molecule has 0 saturated heterocycles. The van der Waals surface area contributed by atoms with Gasteiger partial charge in [-0.05, 0) is 18.2 Å². The quantitative estimate of drug-likeness (QED) is 0.730. The predicted octanol–water partition coefficient (Wildman–Crippen LogP) is 2.69. The molecule has 0 aliphatic carbocycles. The van der Waals surface area contributed by atoms with Crippen molar-refractivity contribution in [3.63, 3.8) is 0 Å². The number of H-pyrrole nitrogens is 1. The van der Waals surface area contributed by atoms with Crippen LogP contribution in [0.1, 0.15) is 5.56 Å². The molecule has 0 saturated carbocycles. The predicted molar refractivity (Wildman–Crippen MR) is 50.9 cm³/mol. The number of aromatic amines is 1. The molecule has 0 amide bonds. The van der Waals surface area contributed by atoms with Gasteiger partial charge < -0.3 is 4.98 Å². The molecular weight excluding hydrogens is 179 g/mol. The third-order valence-corrected chi connectivity index (χ3v) is 1.95. The van der Waals surface area contributed by atoms with Crippen LogP contribution in [-0.2, 0) is 0 Å². The Kier molecular flexibility index (Phi) is 2.04. The molecule has 68 valence electrons.